The first-order chi connectivity index (χ1) is 8.22. The molecule has 1 aliphatic rings. The normalized spacial score (nSPS) is 15.1. The zero-order valence-corrected chi connectivity index (χ0v) is 8.95. The summed E-state index contributed by atoms with van der Waals surface area (Å²) in [5.41, 5.74) is 8.78. The molecule has 1 aromatic rings. The second-order valence-corrected chi connectivity index (χ2v) is 3.66. The number of halogens is 2. The van der Waals surface area contributed by atoms with Crippen LogP contribution in [0.1, 0.15) is 12.0 Å². The molecule has 0 radical (unpaired) electrons. The van der Waals surface area contributed by atoms with Crippen molar-refractivity contribution in [2.75, 3.05) is 13.1 Å². The molecule has 0 fully saturated rings. The lowest BCUT2D eigenvalue weighted by molar-refractivity contribution is 0.574. The number of azide groups is 1. The van der Waals surface area contributed by atoms with Crippen LogP contribution in [0.15, 0.2) is 23.3 Å². The van der Waals surface area contributed by atoms with Crippen LogP contribution in [0.4, 0.5) is 14.5 Å². The van der Waals surface area contributed by atoms with E-state index in [-0.39, 0.29) is 11.3 Å². The molecule has 0 saturated carbocycles. The highest BCUT2D eigenvalue weighted by atomic mass is 19.1. The summed E-state index contributed by atoms with van der Waals surface area (Å²) in [5.74, 6) is -1.39. The highest BCUT2D eigenvalue weighted by molar-refractivity contribution is 5.69. The van der Waals surface area contributed by atoms with Gasteiger partial charge in [0.25, 0.3) is 0 Å². The second-order valence-electron chi connectivity index (χ2n) is 3.66. The topological polar surface area (TPSA) is 60.8 Å². The van der Waals surface area contributed by atoms with Crippen molar-refractivity contribution in [3.05, 3.63) is 45.8 Å². The number of nitrogens with zero attached hydrogens (tertiary/aromatic N) is 3. The zero-order chi connectivity index (χ0) is 12.3. The van der Waals surface area contributed by atoms with Gasteiger partial charge in [-0.15, -0.1) is 0 Å². The van der Waals surface area contributed by atoms with Gasteiger partial charge in [0, 0.05) is 22.7 Å². The third-order valence-electron chi connectivity index (χ3n) is 2.57. The van der Waals surface area contributed by atoms with Crippen molar-refractivity contribution in [2.45, 2.75) is 6.42 Å². The third kappa shape index (κ3) is 2.43. The molecule has 88 valence electrons. The van der Waals surface area contributed by atoms with Crippen LogP contribution in [0.5, 0.6) is 0 Å². The number of hydrogen-bond acceptors (Lipinski definition) is 2. The maximum absolute atomic E-state index is 13.7. The van der Waals surface area contributed by atoms with Crippen molar-refractivity contribution in [1.82, 2.24) is 5.32 Å². The summed E-state index contributed by atoms with van der Waals surface area (Å²) in [6.07, 6.45) is 2.34. The molecule has 0 aliphatic carbocycles. The largest absolute Gasteiger partial charge is 0.313 e. The van der Waals surface area contributed by atoms with Crippen LogP contribution in [0.2, 0.25) is 0 Å². The Morgan fingerprint density at radius 2 is 2.00 bits per heavy atom. The Bertz CT molecular complexity index is 495. The highest BCUT2D eigenvalue weighted by Crippen LogP contribution is 2.29. The molecule has 0 aromatic heterocycles. The van der Waals surface area contributed by atoms with E-state index < -0.39 is 11.6 Å². The van der Waals surface area contributed by atoms with Gasteiger partial charge in [0.1, 0.15) is 11.6 Å². The van der Waals surface area contributed by atoms with Crippen molar-refractivity contribution in [3.8, 4) is 0 Å². The van der Waals surface area contributed by atoms with Gasteiger partial charge < -0.3 is 5.32 Å². The summed E-state index contributed by atoms with van der Waals surface area (Å²) in [4.78, 5) is 2.50. The van der Waals surface area contributed by atoms with Crippen LogP contribution in [-0.4, -0.2) is 13.1 Å². The fourth-order valence-corrected chi connectivity index (χ4v) is 1.83. The van der Waals surface area contributed by atoms with Crippen LogP contribution in [0, 0.1) is 11.6 Å². The average Bonchev–Trinajstić information content (AvgIpc) is 2.30. The van der Waals surface area contributed by atoms with Crippen LogP contribution in [0.25, 0.3) is 16.0 Å². The summed E-state index contributed by atoms with van der Waals surface area (Å²) in [6, 6.07) is 2.09. The summed E-state index contributed by atoms with van der Waals surface area (Å²) < 4.78 is 27.5. The lowest BCUT2D eigenvalue weighted by atomic mass is 9.99. The van der Waals surface area contributed by atoms with Crippen molar-refractivity contribution in [1.29, 1.82) is 0 Å². The lowest BCUT2D eigenvalue weighted by Crippen LogP contribution is -2.20. The van der Waals surface area contributed by atoms with E-state index in [9.17, 15) is 8.78 Å². The van der Waals surface area contributed by atoms with Crippen molar-refractivity contribution in [2.24, 2.45) is 5.11 Å². The van der Waals surface area contributed by atoms with Gasteiger partial charge in [0.15, 0.2) is 0 Å². The number of rotatable bonds is 2. The van der Waals surface area contributed by atoms with Gasteiger partial charge in [-0.1, -0.05) is 11.2 Å². The molecule has 1 heterocycles. The van der Waals surface area contributed by atoms with Gasteiger partial charge in [-0.05, 0) is 36.2 Å². The van der Waals surface area contributed by atoms with Crippen LogP contribution in [-0.2, 0) is 0 Å². The Morgan fingerprint density at radius 3 is 2.53 bits per heavy atom. The van der Waals surface area contributed by atoms with Crippen LogP contribution < -0.4 is 5.32 Å². The van der Waals surface area contributed by atoms with E-state index in [2.05, 4.69) is 15.3 Å². The van der Waals surface area contributed by atoms with E-state index in [1.807, 2.05) is 0 Å². The van der Waals surface area contributed by atoms with Crippen molar-refractivity contribution >= 4 is 11.3 Å². The molecule has 4 nitrogen and oxygen atoms in total. The van der Waals surface area contributed by atoms with Gasteiger partial charge in [-0.2, -0.15) is 0 Å². The van der Waals surface area contributed by atoms with Gasteiger partial charge >= 0.3 is 0 Å². The summed E-state index contributed by atoms with van der Waals surface area (Å²) >= 11 is 0. The minimum absolute atomic E-state index is 0.0246. The Labute approximate surface area is 96.6 Å². The fraction of sp³-hybridized carbons (Fsp3) is 0.273. The Balaban J connectivity index is 2.47. The van der Waals surface area contributed by atoms with Crippen LogP contribution >= 0.6 is 0 Å². The van der Waals surface area contributed by atoms with Gasteiger partial charge in [-0.25, -0.2) is 8.78 Å². The Morgan fingerprint density at radius 1 is 1.29 bits per heavy atom. The summed E-state index contributed by atoms with van der Waals surface area (Å²) in [7, 11) is 0. The SMILES string of the molecule is [N-]=[N+]=Nc1cc(F)c(C2=CCNCC2)c(F)c1. The van der Waals surface area contributed by atoms with E-state index in [1.165, 1.54) is 0 Å². The van der Waals surface area contributed by atoms with E-state index >= 15 is 0 Å². The molecule has 0 unspecified atom stereocenters. The molecule has 0 saturated heterocycles. The minimum atomic E-state index is -0.694. The molecule has 6 heteroatoms. The maximum atomic E-state index is 13.7. The van der Waals surface area contributed by atoms with E-state index in [0.717, 1.165) is 12.1 Å². The molecule has 1 N–H and O–H groups in total. The number of nitrogens with one attached hydrogen (secondary N) is 1. The quantitative estimate of drug-likeness (QED) is 0.478. The molecule has 0 bridgehead atoms. The molecule has 1 aliphatic heterocycles. The van der Waals surface area contributed by atoms with Gasteiger partial charge in [0.05, 0.1) is 0 Å². The standard InChI is InChI=1S/C11H10F2N4/c12-9-5-8(16-17-14)6-10(13)11(9)7-1-3-15-4-2-7/h1,5-6,15H,2-4H2. The zero-order valence-electron chi connectivity index (χ0n) is 8.95. The van der Waals surface area contributed by atoms with Crippen LogP contribution in [0.3, 0.4) is 0 Å². The molecular formula is C11H10F2N4. The van der Waals surface area contributed by atoms with E-state index in [4.69, 9.17) is 5.53 Å². The number of hydrogen-bond donors (Lipinski definition) is 1. The monoisotopic (exact) mass is 236 g/mol. The molecule has 0 spiro atoms. The van der Waals surface area contributed by atoms with Gasteiger partial charge in [-0.3, -0.25) is 0 Å². The van der Waals surface area contributed by atoms with Crippen molar-refractivity contribution < 1.29 is 8.78 Å². The van der Waals surface area contributed by atoms with E-state index in [0.29, 0.717) is 25.1 Å². The van der Waals surface area contributed by atoms with E-state index in [1.54, 1.807) is 6.08 Å². The minimum Gasteiger partial charge on any atom is -0.313 e. The highest BCUT2D eigenvalue weighted by Gasteiger charge is 2.16. The van der Waals surface area contributed by atoms with Gasteiger partial charge in [0.2, 0.25) is 0 Å². The summed E-state index contributed by atoms with van der Waals surface area (Å²) in [5, 5.41) is 6.25. The first-order valence-electron chi connectivity index (χ1n) is 5.16. The molecular weight excluding hydrogens is 226 g/mol. The molecule has 17 heavy (non-hydrogen) atoms. The Hall–Kier alpha value is -1.91. The molecule has 0 atom stereocenters. The molecule has 1 aromatic carbocycles. The predicted octanol–water partition coefficient (Wildman–Crippen LogP) is 3.28. The maximum Gasteiger partial charge on any atom is 0.134 e. The van der Waals surface area contributed by atoms with Crippen molar-refractivity contribution in [3.63, 3.8) is 0 Å². The third-order valence-corrected chi connectivity index (χ3v) is 2.57. The number of benzene rings is 1. The second kappa shape index (κ2) is 4.95. The smallest absolute Gasteiger partial charge is 0.134 e. The molecule has 0 amide bonds. The fourth-order valence-electron chi connectivity index (χ4n) is 1.83. The summed E-state index contributed by atoms with van der Waals surface area (Å²) in [6.45, 7) is 1.30. The first kappa shape index (κ1) is 11.6. The predicted molar refractivity (Wildman–Crippen MR) is 60.6 cm³/mol. The average molecular weight is 236 g/mol. The Kier molecular flexibility index (Phi) is 3.37. The molecule has 2 rings (SSSR count). The lowest BCUT2D eigenvalue weighted by Gasteiger charge is -2.15. The first-order valence-corrected chi connectivity index (χ1v) is 5.16.